The van der Waals surface area contributed by atoms with Crippen LogP contribution in [-0.2, 0) is 4.79 Å². The zero-order valence-electron chi connectivity index (χ0n) is 12.8. The summed E-state index contributed by atoms with van der Waals surface area (Å²) in [6.45, 7) is 3.93. The Morgan fingerprint density at radius 1 is 1.36 bits per heavy atom. The number of nitrogen functional groups attached to an aromatic ring is 1. The van der Waals surface area contributed by atoms with Gasteiger partial charge in [-0.3, -0.25) is 9.59 Å². The van der Waals surface area contributed by atoms with E-state index < -0.39 is 17.9 Å². The summed E-state index contributed by atoms with van der Waals surface area (Å²) in [5.41, 5.74) is 11.6. The van der Waals surface area contributed by atoms with Gasteiger partial charge in [-0.25, -0.2) is 0 Å². The van der Waals surface area contributed by atoms with Gasteiger partial charge in [-0.05, 0) is 24.1 Å². The molecule has 1 rings (SSSR count). The van der Waals surface area contributed by atoms with Gasteiger partial charge in [0, 0.05) is 18.7 Å². The number of hydrogen-bond acceptors (Lipinski definition) is 5. The van der Waals surface area contributed by atoms with Gasteiger partial charge in [-0.1, -0.05) is 13.8 Å². The molecule has 1 aromatic carbocycles. The van der Waals surface area contributed by atoms with E-state index in [0.717, 1.165) is 0 Å². The van der Waals surface area contributed by atoms with Crippen LogP contribution in [0.15, 0.2) is 18.2 Å². The van der Waals surface area contributed by atoms with Crippen molar-refractivity contribution in [3.05, 3.63) is 23.8 Å². The largest absolute Gasteiger partial charge is 0.493 e. The van der Waals surface area contributed by atoms with Gasteiger partial charge in [0.15, 0.2) is 0 Å². The molecule has 0 aliphatic carbocycles. The second-order valence-corrected chi connectivity index (χ2v) is 5.27. The molecule has 0 aromatic heterocycles. The highest BCUT2D eigenvalue weighted by Gasteiger charge is 2.23. The second-order valence-electron chi connectivity index (χ2n) is 5.27. The van der Waals surface area contributed by atoms with Crippen LogP contribution in [0, 0.1) is 5.92 Å². The van der Waals surface area contributed by atoms with Crippen molar-refractivity contribution in [3.8, 4) is 5.75 Å². The zero-order valence-corrected chi connectivity index (χ0v) is 12.8. The minimum atomic E-state index is -0.772. The summed E-state index contributed by atoms with van der Waals surface area (Å²) in [7, 11) is 0. The molecule has 122 valence electrons. The van der Waals surface area contributed by atoms with Gasteiger partial charge in [0.1, 0.15) is 11.8 Å². The van der Waals surface area contributed by atoms with Crippen molar-refractivity contribution in [2.75, 3.05) is 18.9 Å². The van der Waals surface area contributed by atoms with E-state index >= 15 is 0 Å². The maximum Gasteiger partial charge on any atom is 0.254 e. The summed E-state index contributed by atoms with van der Waals surface area (Å²) < 4.78 is 5.40. The van der Waals surface area contributed by atoms with Crippen molar-refractivity contribution in [2.24, 2.45) is 11.7 Å². The maximum absolute atomic E-state index is 12.3. The van der Waals surface area contributed by atoms with E-state index in [-0.39, 0.29) is 23.8 Å². The quantitative estimate of drug-likeness (QED) is 0.405. The van der Waals surface area contributed by atoms with Crippen LogP contribution >= 0.6 is 0 Å². The Morgan fingerprint density at radius 2 is 2.05 bits per heavy atom. The summed E-state index contributed by atoms with van der Waals surface area (Å²) in [6.07, 6.45) is 0.489. The van der Waals surface area contributed by atoms with Gasteiger partial charge < -0.3 is 26.6 Å². The second kappa shape index (κ2) is 8.23. The predicted molar refractivity (Wildman–Crippen MR) is 83.3 cm³/mol. The third kappa shape index (κ3) is 4.92. The van der Waals surface area contributed by atoms with Crippen molar-refractivity contribution in [3.63, 3.8) is 0 Å². The third-order valence-corrected chi connectivity index (χ3v) is 3.10. The van der Waals surface area contributed by atoms with E-state index in [9.17, 15) is 9.59 Å². The maximum atomic E-state index is 12.3. The fraction of sp³-hybridized carbons (Fsp3) is 0.467. The molecule has 0 aliphatic rings. The minimum absolute atomic E-state index is 0.0248. The lowest BCUT2D eigenvalue weighted by molar-refractivity contribution is -0.120. The molecule has 0 spiro atoms. The SMILES string of the molecule is CC(C)C(NC(=O)c1cc(OCCCO)ccc1N)C(N)=O. The average Bonchev–Trinajstić information content (AvgIpc) is 2.45. The number of benzene rings is 1. The molecule has 22 heavy (non-hydrogen) atoms. The number of aliphatic hydroxyl groups excluding tert-OH is 1. The first-order valence-corrected chi connectivity index (χ1v) is 7.10. The highest BCUT2D eigenvalue weighted by Crippen LogP contribution is 2.20. The van der Waals surface area contributed by atoms with Crippen LogP contribution in [0.2, 0.25) is 0 Å². The molecule has 0 saturated carbocycles. The number of rotatable bonds is 8. The van der Waals surface area contributed by atoms with Crippen LogP contribution in [0.4, 0.5) is 5.69 Å². The van der Waals surface area contributed by atoms with Crippen LogP contribution in [0.1, 0.15) is 30.6 Å². The number of amides is 2. The fourth-order valence-corrected chi connectivity index (χ4v) is 1.86. The Labute approximate surface area is 129 Å². The number of primary amides is 1. The lowest BCUT2D eigenvalue weighted by atomic mass is 10.0. The van der Waals surface area contributed by atoms with Gasteiger partial charge in [0.25, 0.3) is 5.91 Å². The third-order valence-electron chi connectivity index (χ3n) is 3.10. The Balaban J connectivity index is 2.87. The molecule has 0 bridgehead atoms. The van der Waals surface area contributed by atoms with Gasteiger partial charge >= 0.3 is 0 Å². The molecule has 2 amide bonds. The van der Waals surface area contributed by atoms with Crippen LogP contribution < -0.4 is 21.5 Å². The molecule has 0 heterocycles. The number of nitrogens with two attached hydrogens (primary N) is 2. The number of hydrogen-bond donors (Lipinski definition) is 4. The Kier molecular flexibility index (Phi) is 6.65. The molecule has 6 N–H and O–H groups in total. The molecular weight excluding hydrogens is 286 g/mol. The van der Waals surface area contributed by atoms with Crippen molar-refractivity contribution < 1.29 is 19.4 Å². The number of aliphatic hydroxyl groups is 1. The van der Waals surface area contributed by atoms with Crippen molar-refractivity contribution in [1.82, 2.24) is 5.32 Å². The van der Waals surface area contributed by atoms with Crippen LogP contribution in [0.3, 0.4) is 0 Å². The van der Waals surface area contributed by atoms with Gasteiger partial charge in [0.05, 0.1) is 12.2 Å². The van der Waals surface area contributed by atoms with E-state index in [4.69, 9.17) is 21.3 Å². The normalized spacial score (nSPS) is 12.0. The lowest BCUT2D eigenvalue weighted by Gasteiger charge is -2.19. The summed E-state index contributed by atoms with van der Waals surface area (Å²) in [4.78, 5) is 23.6. The Bertz CT molecular complexity index is 532. The molecule has 0 radical (unpaired) electrons. The molecule has 7 heteroatoms. The molecule has 0 fully saturated rings. The molecule has 0 aliphatic heterocycles. The smallest absolute Gasteiger partial charge is 0.254 e. The zero-order chi connectivity index (χ0) is 16.7. The Hall–Kier alpha value is -2.28. The van der Waals surface area contributed by atoms with E-state index in [2.05, 4.69) is 5.32 Å². The first-order chi connectivity index (χ1) is 10.4. The van der Waals surface area contributed by atoms with Crippen molar-refractivity contribution in [1.29, 1.82) is 0 Å². The fourth-order valence-electron chi connectivity index (χ4n) is 1.86. The monoisotopic (exact) mass is 309 g/mol. The highest BCUT2D eigenvalue weighted by atomic mass is 16.5. The van der Waals surface area contributed by atoms with Crippen LogP contribution in [0.5, 0.6) is 5.75 Å². The van der Waals surface area contributed by atoms with E-state index in [1.165, 1.54) is 6.07 Å². The molecule has 1 aromatic rings. The highest BCUT2D eigenvalue weighted by molar-refractivity contribution is 6.01. The van der Waals surface area contributed by atoms with Gasteiger partial charge in [-0.15, -0.1) is 0 Å². The molecular formula is C15H23N3O4. The van der Waals surface area contributed by atoms with Gasteiger partial charge in [-0.2, -0.15) is 0 Å². The average molecular weight is 309 g/mol. The summed E-state index contributed by atoms with van der Waals surface area (Å²) in [6, 6.07) is 3.92. The Morgan fingerprint density at radius 3 is 2.59 bits per heavy atom. The van der Waals surface area contributed by atoms with Crippen LogP contribution in [0.25, 0.3) is 0 Å². The van der Waals surface area contributed by atoms with E-state index in [1.54, 1.807) is 26.0 Å². The number of ether oxygens (including phenoxy) is 1. The summed E-state index contributed by atoms with van der Waals surface area (Å²) in [5.74, 6) is -0.750. The van der Waals surface area contributed by atoms with Crippen molar-refractivity contribution in [2.45, 2.75) is 26.3 Å². The molecule has 7 nitrogen and oxygen atoms in total. The van der Waals surface area contributed by atoms with Gasteiger partial charge in [0.2, 0.25) is 5.91 Å². The summed E-state index contributed by atoms with van der Waals surface area (Å²) >= 11 is 0. The lowest BCUT2D eigenvalue weighted by Crippen LogP contribution is -2.47. The topological polar surface area (TPSA) is 128 Å². The number of nitrogens with one attached hydrogen (secondary N) is 1. The van der Waals surface area contributed by atoms with E-state index in [0.29, 0.717) is 18.8 Å². The molecule has 1 atom stereocenters. The molecule has 0 saturated heterocycles. The van der Waals surface area contributed by atoms with E-state index in [1.807, 2.05) is 0 Å². The minimum Gasteiger partial charge on any atom is -0.493 e. The first-order valence-electron chi connectivity index (χ1n) is 7.10. The first kappa shape index (κ1) is 17.8. The standard InChI is InChI=1S/C15H23N3O4/c1-9(2)13(14(17)20)18-15(21)11-8-10(4-5-12(11)16)22-7-3-6-19/h4-5,8-9,13,19H,3,6-7,16H2,1-2H3,(H2,17,20)(H,18,21). The predicted octanol–water partition coefficient (Wildman–Crippen LogP) is 0.270. The summed E-state index contributed by atoms with van der Waals surface area (Å²) in [5, 5.41) is 11.3. The number of carbonyl (C=O) groups excluding carboxylic acids is 2. The number of carbonyl (C=O) groups is 2. The van der Waals surface area contributed by atoms with Crippen molar-refractivity contribution >= 4 is 17.5 Å². The van der Waals surface area contributed by atoms with Crippen LogP contribution in [-0.4, -0.2) is 36.2 Å². The molecule has 1 unspecified atom stereocenters. The number of anilines is 1.